The molecule has 1 aromatic rings. The first-order valence-electron chi connectivity index (χ1n) is 7.62. The van der Waals surface area contributed by atoms with Gasteiger partial charge in [0.2, 0.25) is 0 Å². The summed E-state index contributed by atoms with van der Waals surface area (Å²) in [5.74, 6) is 1.63. The van der Waals surface area contributed by atoms with Crippen molar-refractivity contribution in [3.05, 3.63) is 29.8 Å². The van der Waals surface area contributed by atoms with Gasteiger partial charge >= 0.3 is 0 Å². The van der Waals surface area contributed by atoms with Crippen molar-refractivity contribution in [3.8, 4) is 5.75 Å². The van der Waals surface area contributed by atoms with Crippen LogP contribution in [-0.2, 0) is 11.2 Å². The molecule has 1 aromatic carbocycles. The first-order valence-corrected chi connectivity index (χ1v) is 7.62. The Hall–Kier alpha value is -1.06. The predicted molar refractivity (Wildman–Crippen MR) is 84.4 cm³/mol. The molecule has 0 unspecified atom stereocenters. The lowest BCUT2D eigenvalue weighted by Gasteiger charge is -2.10. The molecule has 0 radical (unpaired) electrons. The number of hydrogen-bond acceptors (Lipinski definition) is 3. The number of ether oxygens (including phenoxy) is 2. The smallest absolute Gasteiger partial charge is 0.119 e. The average Bonchev–Trinajstić information content (AvgIpc) is 2.38. The van der Waals surface area contributed by atoms with Crippen molar-refractivity contribution in [2.24, 2.45) is 5.92 Å². The SMILES string of the molecule is CC(C)CNCCOCCc1ccc(OC(C)C)cc1. The van der Waals surface area contributed by atoms with E-state index in [-0.39, 0.29) is 6.10 Å². The molecule has 20 heavy (non-hydrogen) atoms. The number of rotatable bonds is 10. The largest absolute Gasteiger partial charge is 0.491 e. The van der Waals surface area contributed by atoms with Crippen LogP contribution in [0.15, 0.2) is 24.3 Å². The summed E-state index contributed by atoms with van der Waals surface area (Å²) in [5, 5.41) is 3.37. The fourth-order valence-corrected chi connectivity index (χ4v) is 1.83. The van der Waals surface area contributed by atoms with Crippen LogP contribution >= 0.6 is 0 Å². The standard InChI is InChI=1S/C17H29NO2/c1-14(2)13-18-10-12-19-11-9-16-5-7-17(8-6-16)20-15(3)4/h5-8,14-15,18H,9-13H2,1-4H3. The lowest BCUT2D eigenvalue weighted by molar-refractivity contribution is 0.138. The van der Waals surface area contributed by atoms with E-state index in [1.165, 1.54) is 5.56 Å². The quantitative estimate of drug-likeness (QED) is 0.667. The summed E-state index contributed by atoms with van der Waals surface area (Å²) in [6, 6.07) is 8.27. The summed E-state index contributed by atoms with van der Waals surface area (Å²) in [4.78, 5) is 0. The van der Waals surface area contributed by atoms with Gasteiger partial charge in [0.25, 0.3) is 0 Å². The second-order valence-corrected chi connectivity index (χ2v) is 5.77. The molecule has 3 nitrogen and oxygen atoms in total. The molecule has 0 amide bonds. The topological polar surface area (TPSA) is 30.5 Å². The van der Waals surface area contributed by atoms with Crippen molar-refractivity contribution in [2.75, 3.05) is 26.3 Å². The molecule has 0 aliphatic heterocycles. The number of hydrogen-bond donors (Lipinski definition) is 1. The summed E-state index contributed by atoms with van der Waals surface area (Å²) >= 11 is 0. The number of nitrogens with one attached hydrogen (secondary N) is 1. The summed E-state index contributed by atoms with van der Waals surface area (Å²) in [5.41, 5.74) is 1.29. The first kappa shape index (κ1) is 17.0. The van der Waals surface area contributed by atoms with Gasteiger partial charge < -0.3 is 14.8 Å². The maximum absolute atomic E-state index is 5.62. The van der Waals surface area contributed by atoms with Crippen LogP contribution < -0.4 is 10.1 Å². The zero-order valence-corrected chi connectivity index (χ0v) is 13.3. The van der Waals surface area contributed by atoms with Crippen molar-refractivity contribution < 1.29 is 9.47 Å². The van der Waals surface area contributed by atoms with Crippen LogP contribution in [0.2, 0.25) is 0 Å². The molecule has 1 N–H and O–H groups in total. The van der Waals surface area contributed by atoms with Crippen LogP contribution in [0.4, 0.5) is 0 Å². The minimum absolute atomic E-state index is 0.225. The van der Waals surface area contributed by atoms with Crippen LogP contribution in [0.3, 0.4) is 0 Å². The van der Waals surface area contributed by atoms with Crippen LogP contribution in [0.5, 0.6) is 5.75 Å². The molecule has 0 saturated heterocycles. The highest BCUT2D eigenvalue weighted by Gasteiger charge is 1.98. The van der Waals surface area contributed by atoms with E-state index in [0.29, 0.717) is 5.92 Å². The third-order valence-corrected chi connectivity index (χ3v) is 2.81. The Morgan fingerprint density at radius 1 is 1.00 bits per heavy atom. The molecule has 0 aliphatic carbocycles. The second-order valence-electron chi connectivity index (χ2n) is 5.77. The Kier molecular flexibility index (Phi) is 8.31. The Bertz CT molecular complexity index is 347. The van der Waals surface area contributed by atoms with Crippen molar-refractivity contribution in [1.82, 2.24) is 5.32 Å². The highest BCUT2D eigenvalue weighted by molar-refractivity contribution is 5.27. The minimum Gasteiger partial charge on any atom is -0.491 e. The summed E-state index contributed by atoms with van der Waals surface area (Å²) < 4.78 is 11.2. The van der Waals surface area contributed by atoms with Crippen LogP contribution in [0, 0.1) is 5.92 Å². The van der Waals surface area contributed by atoms with Crippen molar-refractivity contribution in [1.29, 1.82) is 0 Å². The maximum atomic E-state index is 5.62. The lowest BCUT2D eigenvalue weighted by atomic mass is 10.1. The van der Waals surface area contributed by atoms with E-state index in [4.69, 9.17) is 9.47 Å². The highest BCUT2D eigenvalue weighted by Crippen LogP contribution is 2.14. The molecule has 0 atom stereocenters. The van der Waals surface area contributed by atoms with E-state index < -0.39 is 0 Å². The Labute approximate surface area is 123 Å². The van der Waals surface area contributed by atoms with E-state index in [9.17, 15) is 0 Å². The minimum atomic E-state index is 0.225. The molecule has 0 fully saturated rings. The van der Waals surface area contributed by atoms with Crippen molar-refractivity contribution in [2.45, 2.75) is 40.2 Å². The molecule has 114 valence electrons. The van der Waals surface area contributed by atoms with Crippen molar-refractivity contribution in [3.63, 3.8) is 0 Å². The monoisotopic (exact) mass is 279 g/mol. The summed E-state index contributed by atoms with van der Waals surface area (Å²) in [7, 11) is 0. The molecule has 0 saturated carbocycles. The highest BCUT2D eigenvalue weighted by atomic mass is 16.5. The van der Waals surface area contributed by atoms with Crippen molar-refractivity contribution >= 4 is 0 Å². The Balaban J connectivity index is 2.10. The van der Waals surface area contributed by atoms with Gasteiger partial charge in [-0.25, -0.2) is 0 Å². The van der Waals surface area contributed by atoms with Gasteiger partial charge in [-0.3, -0.25) is 0 Å². The van der Waals surface area contributed by atoms with E-state index in [1.54, 1.807) is 0 Å². The van der Waals surface area contributed by atoms with Gasteiger partial charge in [-0.05, 0) is 50.4 Å². The van der Waals surface area contributed by atoms with E-state index in [0.717, 1.165) is 38.5 Å². The maximum Gasteiger partial charge on any atom is 0.119 e. The number of benzene rings is 1. The summed E-state index contributed by atoms with van der Waals surface area (Å²) in [6.07, 6.45) is 1.18. The van der Waals surface area contributed by atoms with Gasteiger partial charge in [-0.1, -0.05) is 26.0 Å². The van der Waals surface area contributed by atoms with Gasteiger partial charge in [-0.2, -0.15) is 0 Å². The molecule has 0 bridgehead atoms. The van der Waals surface area contributed by atoms with Gasteiger partial charge in [0, 0.05) is 6.54 Å². The first-order chi connectivity index (χ1) is 9.58. The normalized spacial score (nSPS) is 11.3. The van der Waals surface area contributed by atoms with Gasteiger partial charge in [0.1, 0.15) is 5.75 Å². The summed E-state index contributed by atoms with van der Waals surface area (Å²) in [6.45, 7) is 12.0. The van der Waals surface area contributed by atoms with Gasteiger partial charge in [-0.15, -0.1) is 0 Å². The lowest BCUT2D eigenvalue weighted by Crippen LogP contribution is -2.24. The molecule has 1 rings (SSSR count). The molecule has 0 spiro atoms. The van der Waals surface area contributed by atoms with E-state index in [2.05, 4.69) is 31.3 Å². The molecule has 3 heteroatoms. The van der Waals surface area contributed by atoms with Crippen LogP contribution in [-0.4, -0.2) is 32.4 Å². The second kappa shape index (κ2) is 9.78. The fraction of sp³-hybridized carbons (Fsp3) is 0.647. The Morgan fingerprint density at radius 3 is 2.30 bits per heavy atom. The molecule has 0 aromatic heterocycles. The molecule has 0 aliphatic rings. The fourth-order valence-electron chi connectivity index (χ4n) is 1.83. The zero-order valence-electron chi connectivity index (χ0n) is 13.3. The van der Waals surface area contributed by atoms with E-state index >= 15 is 0 Å². The third kappa shape index (κ3) is 8.18. The zero-order chi connectivity index (χ0) is 14.8. The predicted octanol–water partition coefficient (Wildman–Crippen LogP) is 3.28. The van der Waals surface area contributed by atoms with Crippen LogP contribution in [0.25, 0.3) is 0 Å². The van der Waals surface area contributed by atoms with Gasteiger partial charge in [0.05, 0.1) is 19.3 Å². The Morgan fingerprint density at radius 2 is 1.70 bits per heavy atom. The molecular formula is C17H29NO2. The molecule has 0 heterocycles. The third-order valence-electron chi connectivity index (χ3n) is 2.81. The van der Waals surface area contributed by atoms with E-state index in [1.807, 2.05) is 26.0 Å². The average molecular weight is 279 g/mol. The van der Waals surface area contributed by atoms with Gasteiger partial charge in [0.15, 0.2) is 0 Å². The molecular weight excluding hydrogens is 250 g/mol. The van der Waals surface area contributed by atoms with Crippen LogP contribution in [0.1, 0.15) is 33.3 Å².